The summed E-state index contributed by atoms with van der Waals surface area (Å²) >= 11 is 1.22. The van der Waals surface area contributed by atoms with Crippen molar-refractivity contribution in [2.24, 2.45) is 63.1 Å². The summed E-state index contributed by atoms with van der Waals surface area (Å²) in [5.41, 5.74) is 33.1. The van der Waals surface area contributed by atoms with Gasteiger partial charge in [0.1, 0.15) is 78.3 Å². The summed E-state index contributed by atoms with van der Waals surface area (Å²) in [6.07, 6.45) is -4.39. The van der Waals surface area contributed by atoms with Crippen LogP contribution in [0.2, 0.25) is 0 Å². The Labute approximate surface area is 623 Å². The van der Waals surface area contributed by atoms with E-state index in [2.05, 4.69) is 68.8 Å². The first kappa shape index (κ1) is 94.6. The first-order chi connectivity index (χ1) is 49.9. The van der Waals surface area contributed by atoms with Crippen molar-refractivity contribution in [3.63, 3.8) is 0 Å². The van der Waals surface area contributed by atoms with Crippen LogP contribution in [-0.4, -0.2) is 230 Å². The molecule has 40 nitrogen and oxygen atoms in total. The SMILES string of the molecule is CC[C@H](C)[C@H](NC(=O)[C@H](CC(N)=O)NC(=O)[C@H](Cc1ccc(O)cc1)NC(=O)[C@H](CC(N)=O)NC(=O)[C@@H](N)CC(N)=O)C(=O)N[C@@H](CCSC)C(=O)N[C@@H](CCC(=O)O)C(=O)N[C@H](C(=O)N[C@@H](CCCN=C(N)N)C(=O)N[C@H](C(=O)N[C@H](C(=O)N[C@@H](C)C(=O)N[C@H](C(=O)O)C(C)C)C(C)C)[C@@H](C)O)[C@@H](C)CC. The Hall–Kier alpha value is -10.4. The lowest BCUT2D eigenvalue weighted by atomic mass is 9.96. The third kappa shape index (κ3) is 34.6. The van der Waals surface area contributed by atoms with Gasteiger partial charge in [-0.15, -0.1) is 0 Å². The number of primary amides is 3. The molecule has 41 heteroatoms. The topological polar surface area (TPSA) is 684 Å². The number of aromatic hydroxyl groups is 1. The number of benzene rings is 1. The fourth-order valence-corrected chi connectivity index (χ4v) is 10.6. The number of aliphatic hydroxyl groups excluding tert-OH is 1. The van der Waals surface area contributed by atoms with Crippen LogP contribution < -0.4 is 98.2 Å². The van der Waals surface area contributed by atoms with Gasteiger partial charge >= 0.3 is 11.9 Å². The second-order valence-electron chi connectivity index (χ2n) is 26.5. The predicted octanol–water partition coefficient (Wildman–Crippen LogP) is -6.73. The normalized spacial score (nSPS) is 15.6. The maximum Gasteiger partial charge on any atom is 0.326 e. The van der Waals surface area contributed by atoms with Gasteiger partial charge in [-0.3, -0.25) is 81.7 Å². The molecule has 15 amide bonds. The summed E-state index contributed by atoms with van der Waals surface area (Å²) in [5, 5.41) is 69.4. The smallest absolute Gasteiger partial charge is 0.326 e. The Bertz CT molecular complexity index is 3300. The average molecular weight is 1540 g/mol. The van der Waals surface area contributed by atoms with E-state index in [0.717, 1.165) is 6.92 Å². The highest BCUT2D eigenvalue weighted by Gasteiger charge is 2.40. The molecule has 0 unspecified atom stereocenters. The average Bonchev–Trinajstić information content (AvgIpc) is 0.831. The highest BCUT2D eigenvalue weighted by molar-refractivity contribution is 7.98. The number of aliphatic imine (C=N–C) groups is 1. The van der Waals surface area contributed by atoms with Crippen molar-refractivity contribution in [2.75, 3.05) is 18.6 Å². The highest BCUT2D eigenvalue weighted by Crippen LogP contribution is 2.17. The number of rotatable bonds is 50. The molecule has 0 aliphatic carbocycles. The lowest BCUT2D eigenvalue weighted by Crippen LogP contribution is -2.63. The van der Waals surface area contributed by atoms with Crippen LogP contribution in [0.5, 0.6) is 5.75 Å². The fraction of sp³-hybridized carbons (Fsp3) is 0.636. The molecule has 0 bridgehead atoms. The second kappa shape index (κ2) is 47.2. The van der Waals surface area contributed by atoms with E-state index in [4.69, 9.17) is 34.4 Å². The van der Waals surface area contributed by atoms with E-state index >= 15 is 0 Å². The lowest BCUT2D eigenvalue weighted by molar-refractivity contribution is -0.143. The molecule has 0 heterocycles. The molecule has 1 rings (SSSR count). The number of nitrogens with zero attached hydrogens (tertiary/aromatic N) is 1. The maximum atomic E-state index is 14.6. The van der Waals surface area contributed by atoms with Crippen LogP contribution in [0.25, 0.3) is 0 Å². The van der Waals surface area contributed by atoms with Gasteiger partial charge in [0.2, 0.25) is 88.6 Å². The first-order valence-corrected chi connectivity index (χ1v) is 36.0. The minimum Gasteiger partial charge on any atom is -0.508 e. The molecule has 1 aromatic rings. The van der Waals surface area contributed by atoms with Gasteiger partial charge in [0.05, 0.1) is 31.4 Å². The number of amides is 15. The molecule has 0 saturated heterocycles. The molecule has 0 aromatic heterocycles. The number of nitrogens with one attached hydrogen (secondary N) is 12. The standard InChI is InChI=1S/C66H109N19O21S/c1-12-31(7)50(62(102)76-38(15-14-23-73-66(71)72)56(96)85-52(34(10)86)64(104)81-48(29(3)4)61(101)74-33(9)53(93)82-49(30(5)6)65(105)106)83-57(97)39(20-21-47(91)92)75-55(95)40(22-24-107-11)77-63(103)51(32(8)13-2)84-60(100)43(28-46(70)90)80-58(98)41(25-35-16-18-36(87)19-17-35)79-59(99)42(27-45(69)89)78-54(94)37(67)26-44(68)88/h16-19,29-34,37-43,48-52,86-87H,12-15,20-28,67H2,1-11H3,(H2,68,88)(H2,69,89)(H2,70,90)(H,74,101)(H,75,95)(H,76,102)(H,77,103)(H,78,94)(H,79,99)(H,80,98)(H,81,104)(H,82,93)(H,83,97)(H,84,100)(H,85,96)(H,91,92)(H,105,106)(H4,71,72,73)/t31-,32-,33-,34+,37-,38-,39-,40-,41-,42-,43-,48-,49-,50-,51-,52-/m0/s1. The molecule has 1 aromatic carbocycles. The molecule has 600 valence electrons. The van der Waals surface area contributed by atoms with Crippen molar-refractivity contribution < 1.29 is 102 Å². The van der Waals surface area contributed by atoms with Gasteiger partial charge in [-0.05, 0) is 92.9 Å². The number of aliphatic carboxylic acids is 2. The second-order valence-corrected chi connectivity index (χ2v) is 27.5. The van der Waals surface area contributed by atoms with E-state index in [1.807, 2.05) is 0 Å². The van der Waals surface area contributed by atoms with Gasteiger partial charge in [0, 0.05) is 19.4 Å². The van der Waals surface area contributed by atoms with Gasteiger partial charge in [-0.2, -0.15) is 11.8 Å². The van der Waals surface area contributed by atoms with E-state index in [-0.39, 0.29) is 61.7 Å². The van der Waals surface area contributed by atoms with Crippen molar-refractivity contribution in [3.05, 3.63) is 29.8 Å². The third-order valence-corrected chi connectivity index (χ3v) is 17.5. The van der Waals surface area contributed by atoms with Crippen LogP contribution in [-0.2, 0) is 87.9 Å². The summed E-state index contributed by atoms with van der Waals surface area (Å²) in [4.78, 5) is 232. The molecule has 0 saturated carbocycles. The molecular formula is C66H109N19O21S. The van der Waals surface area contributed by atoms with Crippen molar-refractivity contribution in [2.45, 2.75) is 225 Å². The highest BCUT2D eigenvalue weighted by atomic mass is 32.2. The zero-order chi connectivity index (χ0) is 81.9. The van der Waals surface area contributed by atoms with Crippen molar-refractivity contribution in [1.82, 2.24) is 63.8 Å². The van der Waals surface area contributed by atoms with Gasteiger partial charge in [-0.25, -0.2) is 4.79 Å². The van der Waals surface area contributed by atoms with Crippen LogP contribution in [0.1, 0.15) is 139 Å². The largest absolute Gasteiger partial charge is 0.508 e. The Morgan fingerprint density at radius 2 is 0.813 bits per heavy atom. The van der Waals surface area contributed by atoms with Gasteiger partial charge in [0.15, 0.2) is 5.96 Å². The van der Waals surface area contributed by atoms with Crippen molar-refractivity contribution in [1.29, 1.82) is 0 Å². The lowest BCUT2D eigenvalue weighted by Gasteiger charge is -2.31. The van der Waals surface area contributed by atoms with Crippen LogP contribution in [0.4, 0.5) is 0 Å². The molecule has 0 spiro atoms. The minimum atomic E-state index is -1.92. The zero-order valence-electron chi connectivity index (χ0n) is 61.9. The number of carbonyl (C=O) groups is 17. The number of carbonyl (C=O) groups excluding carboxylic acids is 15. The number of hydrogen-bond donors (Lipinski definition) is 22. The Morgan fingerprint density at radius 1 is 0.439 bits per heavy atom. The molecule has 28 N–H and O–H groups in total. The monoisotopic (exact) mass is 1540 g/mol. The van der Waals surface area contributed by atoms with E-state index in [1.54, 1.807) is 34.0 Å². The molecule has 107 heavy (non-hydrogen) atoms. The van der Waals surface area contributed by atoms with E-state index in [0.29, 0.717) is 0 Å². The first-order valence-electron chi connectivity index (χ1n) is 34.6. The van der Waals surface area contributed by atoms with Gasteiger partial charge in [-0.1, -0.05) is 80.4 Å². The number of carboxylic acid groups (broad SMARTS) is 2. The van der Waals surface area contributed by atoms with Crippen molar-refractivity contribution in [3.8, 4) is 5.75 Å². The molecular weight excluding hydrogens is 1430 g/mol. The minimum absolute atomic E-state index is 0.00842. The quantitative estimate of drug-likeness (QED) is 0.0164. The molecule has 0 aliphatic rings. The number of hydrogen-bond acceptors (Lipinski definition) is 22. The number of phenols is 1. The molecule has 0 fully saturated rings. The summed E-state index contributed by atoms with van der Waals surface area (Å²) in [7, 11) is 0. The number of aliphatic hydroxyl groups is 1. The Balaban J connectivity index is 3.75. The van der Waals surface area contributed by atoms with Crippen LogP contribution in [0.15, 0.2) is 29.3 Å². The van der Waals surface area contributed by atoms with E-state index in [1.165, 1.54) is 70.6 Å². The summed E-state index contributed by atoms with van der Waals surface area (Å²) in [5.74, 6) is -22.0. The number of phenolic OH excluding ortho intramolecular Hbond substituents is 1. The fourth-order valence-electron chi connectivity index (χ4n) is 10.1. The summed E-state index contributed by atoms with van der Waals surface area (Å²) < 4.78 is 0. The number of carboxylic acids is 2. The number of nitrogens with two attached hydrogens (primary N) is 6. The zero-order valence-corrected chi connectivity index (χ0v) is 62.8. The Kier molecular flexibility index (Phi) is 41.7. The van der Waals surface area contributed by atoms with E-state index in [9.17, 15) is 102 Å². The van der Waals surface area contributed by atoms with Crippen LogP contribution in [0.3, 0.4) is 0 Å². The Morgan fingerprint density at radius 3 is 1.25 bits per heavy atom. The summed E-state index contributed by atoms with van der Waals surface area (Å²) in [6, 6.07) is -15.8. The van der Waals surface area contributed by atoms with Gasteiger partial charge < -0.3 is 119 Å². The maximum absolute atomic E-state index is 14.6. The van der Waals surface area contributed by atoms with Crippen LogP contribution in [0, 0.1) is 23.7 Å². The van der Waals surface area contributed by atoms with E-state index < -0.39 is 247 Å². The molecule has 16 atom stereocenters. The number of thioether (sulfide) groups is 1. The number of guanidine groups is 1. The van der Waals surface area contributed by atoms with Crippen molar-refractivity contribution >= 4 is 118 Å². The molecule has 0 aliphatic heterocycles. The molecule has 0 radical (unpaired) electrons. The predicted molar refractivity (Wildman–Crippen MR) is 388 cm³/mol. The third-order valence-electron chi connectivity index (χ3n) is 16.8. The summed E-state index contributed by atoms with van der Waals surface area (Å²) in [6.45, 7) is 14.9. The van der Waals surface area contributed by atoms with Gasteiger partial charge in [0.25, 0.3) is 0 Å². The van der Waals surface area contributed by atoms with Crippen LogP contribution >= 0.6 is 11.8 Å².